The molecule has 1 heterocycles. The van der Waals surface area contributed by atoms with Gasteiger partial charge in [-0.15, -0.1) is 0 Å². The molecule has 0 saturated heterocycles. The van der Waals surface area contributed by atoms with Crippen molar-refractivity contribution >= 4 is 60.5 Å². The summed E-state index contributed by atoms with van der Waals surface area (Å²) in [7, 11) is 0. The van der Waals surface area contributed by atoms with Gasteiger partial charge in [0.05, 0.1) is 45.2 Å². The molecule has 0 unspecified atom stereocenters. The van der Waals surface area contributed by atoms with Crippen LogP contribution in [0.25, 0.3) is 76.9 Å². The third-order valence-corrected chi connectivity index (χ3v) is 7.70. The van der Waals surface area contributed by atoms with Crippen LogP contribution in [-0.2, 0) is 0 Å². The maximum atomic E-state index is 10.0. The summed E-state index contributed by atoms with van der Waals surface area (Å²) in [6.45, 7) is 0. The van der Waals surface area contributed by atoms with Gasteiger partial charge in [0.25, 0.3) is 0 Å². The fourth-order valence-corrected chi connectivity index (χ4v) is 5.35. The standard InChI is InChI=1S/C50H33NO/c1-3-9-34(10-4-1)37-17-23-43(24-18-37)51(44-25-19-38(20-26-44)35-11-5-2-6-12-35)45-27-30-48-47(33-45)50-46-28-21-41(32-42(46)22-29-49(50)52-48)40-16-15-36-13-7-8-14-39(36)31-40/h1-33H/i1D,2D,3D,4D,5D,6D,7D,8D,9D,10D,11D,12D,13D,14D,15D,16D,17D,18D,19D,20D,21D,22D,23D,24D,25D,26D,27D,28D,29D,30D,31D,32D,33D. The van der Waals surface area contributed by atoms with Gasteiger partial charge in [0.2, 0.25) is 0 Å². The number of hydrogen-bond acceptors (Lipinski definition) is 2. The molecule has 0 aliphatic heterocycles. The van der Waals surface area contributed by atoms with Crippen LogP contribution in [0.4, 0.5) is 17.1 Å². The average Bonchev–Trinajstić information content (AvgIpc) is 3.37. The molecule has 0 N–H and O–H groups in total. The second-order valence-corrected chi connectivity index (χ2v) is 10.8. The number of benzene rings is 9. The lowest BCUT2D eigenvalue weighted by molar-refractivity contribution is 0.669. The number of hydrogen-bond donors (Lipinski definition) is 0. The molecule has 0 spiro atoms. The molecule has 1 aromatic heterocycles. The van der Waals surface area contributed by atoms with Crippen molar-refractivity contribution in [2.45, 2.75) is 0 Å². The molecular weight excluding hydrogens is 631 g/mol. The molecule has 0 amide bonds. The van der Waals surface area contributed by atoms with Gasteiger partial charge in [-0.2, -0.15) is 0 Å². The maximum absolute atomic E-state index is 10.0. The highest BCUT2D eigenvalue weighted by Crippen LogP contribution is 2.42. The molecule has 2 heteroatoms. The van der Waals surface area contributed by atoms with Gasteiger partial charge >= 0.3 is 0 Å². The summed E-state index contributed by atoms with van der Waals surface area (Å²) in [5.74, 6) is 0. The number of fused-ring (bicyclic) bond motifs is 6. The van der Waals surface area contributed by atoms with Gasteiger partial charge in [-0.05, 0) is 115 Å². The van der Waals surface area contributed by atoms with Gasteiger partial charge in [0.1, 0.15) is 11.2 Å². The second kappa shape index (κ2) is 12.5. The average molecular weight is 697 g/mol. The van der Waals surface area contributed by atoms with E-state index in [1.807, 2.05) is 0 Å². The smallest absolute Gasteiger partial charge is 0.136 e. The SMILES string of the molecule is [2H]c1c([2H])c([2H])c(-c2c([2H])c([2H])c(N(c3c([2H])c([2H])c(-c4c([2H])c([2H])c([2H])c([2H])c4[2H])c([2H])c3[2H])c3c([2H])c([2H])c4oc5c([2H])c([2H])c6c([2H])c(-c7c([2H])c([2H])c8c([2H])c([2H])c([2H])c([2H])c8c7[2H])c([2H])c([2H])c6c5c4c3[2H])c([2H])c2[2H])c([2H])c1[2H]. The summed E-state index contributed by atoms with van der Waals surface area (Å²) in [5.41, 5.74) is -10.1. The maximum Gasteiger partial charge on any atom is 0.136 e. The Morgan fingerprint density at radius 2 is 0.808 bits per heavy atom. The van der Waals surface area contributed by atoms with E-state index in [0.29, 0.717) is 4.90 Å². The second-order valence-electron chi connectivity index (χ2n) is 10.8. The molecule has 0 aliphatic rings. The van der Waals surface area contributed by atoms with Crippen molar-refractivity contribution in [2.24, 2.45) is 0 Å². The number of anilines is 3. The molecule has 0 bridgehead atoms. The van der Waals surface area contributed by atoms with Crippen LogP contribution in [0.1, 0.15) is 45.2 Å². The zero-order chi connectivity index (χ0) is 63.2. The first-order chi connectivity index (χ1) is 39.5. The predicted molar refractivity (Wildman–Crippen MR) is 220 cm³/mol. The molecule has 2 nitrogen and oxygen atoms in total. The fourth-order valence-electron chi connectivity index (χ4n) is 5.35. The molecule has 10 aromatic rings. The van der Waals surface area contributed by atoms with Crippen molar-refractivity contribution in [1.82, 2.24) is 0 Å². The van der Waals surface area contributed by atoms with E-state index >= 15 is 0 Å². The van der Waals surface area contributed by atoms with Crippen molar-refractivity contribution in [3.63, 3.8) is 0 Å². The summed E-state index contributed by atoms with van der Waals surface area (Å²) in [5, 5.41) is -3.95. The van der Waals surface area contributed by atoms with Crippen LogP contribution in [0.5, 0.6) is 0 Å². The van der Waals surface area contributed by atoms with E-state index in [0.717, 1.165) is 0 Å². The van der Waals surface area contributed by atoms with Gasteiger partial charge in [-0.25, -0.2) is 0 Å². The topological polar surface area (TPSA) is 16.4 Å². The first-order valence-corrected chi connectivity index (χ1v) is 15.1. The lowest BCUT2D eigenvalue weighted by atomic mass is 9.97. The molecule has 0 saturated carbocycles. The quantitative estimate of drug-likeness (QED) is 0.172. The Labute approximate surface area is 348 Å². The molecule has 0 radical (unpaired) electrons. The van der Waals surface area contributed by atoms with Crippen molar-refractivity contribution < 1.29 is 49.7 Å². The molecule has 9 aromatic carbocycles. The summed E-state index contributed by atoms with van der Waals surface area (Å²) in [6.07, 6.45) is 0. The third kappa shape index (κ3) is 5.30. The van der Waals surface area contributed by atoms with Gasteiger partial charge < -0.3 is 9.32 Å². The fraction of sp³-hybridized carbons (Fsp3) is 0. The van der Waals surface area contributed by atoms with Gasteiger partial charge in [-0.3, -0.25) is 0 Å². The highest BCUT2D eigenvalue weighted by atomic mass is 16.3. The lowest BCUT2D eigenvalue weighted by Crippen LogP contribution is -2.09. The van der Waals surface area contributed by atoms with Crippen molar-refractivity contribution in [1.29, 1.82) is 0 Å². The van der Waals surface area contributed by atoms with E-state index in [9.17, 15) is 21.9 Å². The summed E-state index contributed by atoms with van der Waals surface area (Å²) in [6, 6.07) is -33.8. The number of furan rings is 1. The summed E-state index contributed by atoms with van der Waals surface area (Å²) < 4.78 is 301. The minimum absolute atomic E-state index is 0.326. The van der Waals surface area contributed by atoms with E-state index in [1.54, 1.807) is 0 Å². The molecule has 244 valence electrons. The van der Waals surface area contributed by atoms with Crippen LogP contribution in [0.15, 0.2) is 204 Å². The van der Waals surface area contributed by atoms with Crippen LogP contribution in [0, 0.1) is 0 Å². The molecule has 10 rings (SSSR count). The lowest BCUT2D eigenvalue weighted by Gasteiger charge is -2.26. The van der Waals surface area contributed by atoms with Crippen LogP contribution >= 0.6 is 0 Å². The van der Waals surface area contributed by atoms with E-state index in [4.69, 9.17) is 27.7 Å². The van der Waals surface area contributed by atoms with Crippen molar-refractivity contribution in [3.8, 4) is 33.4 Å². The minimum atomic E-state index is -1.28. The summed E-state index contributed by atoms with van der Waals surface area (Å²) in [4.78, 5) is 0.326. The van der Waals surface area contributed by atoms with E-state index in [2.05, 4.69) is 0 Å². The van der Waals surface area contributed by atoms with E-state index < -0.39 is 293 Å². The molecule has 0 aliphatic carbocycles. The van der Waals surface area contributed by atoms with Crippen LogP contribution in [-0.4, -0.2) is 0 Å². The first-order valence-electron chi connectivity index (χ1n) is 31.6. The Kier molecular flexibility index (Phi) is 2.77. The minimum Gasteiger partial charge on any atom is -0.456 e. The van der Waals surface area contributed by atoms with Crippen molar-refractivity contribution in [3.05, 3.63) is 199 Å². The highest BCUT2D eigenvalue weighted by molar-refractivity contribution is 6.19. The molecular formula is C50H33NO. The number of rotatable bonds is 6. The largest absolute Gasteiger partial charge is 0.456 e. The van der Waals surface area contributed by atoms with E-state index in [1.165, 1.54) is 0 Å². The monoisotopic (exact) mass is 696 g/mol. The van der Waals surface area contributed by atoms with E-state index in [-0.39, 0.29) is 0 Å². The zero-order valence-electron chi connectivity index (χ0n) is 58.9. The normalized spacial score (nSPS) is 20.3. The Balaban J connectivity index is 1.39. The summed E-state index contributed by atoms with van der Waals surface area (Å²) >= 11 is 0. The Morgan fingerprint density at radius 1 is 0.327 bits per heavy atom. The molecule has 52 heavy (non-hydrogen) atoms. The van der Waals surface area contributed by atoms with Crippen LogP contribution < -0.4 is 4.90 Å². The van der Waals surface area contributed by atoms with Crippen LogP contribution in [0.2, 0.25) is 0 Å². The zero-order valence-corrected chi connectivity index (χ0v) is 25.9. The van der Waals surface area contributed by atoms with Gasteiger partial charge in [0.15, 0.2) is 0 Å². The first kappa shape index (κ1) is 11.6. The van der Waals surface area contributed by atoms with Gasteiger partial charge in [-0.1, -0.05) is 139 Å². The van der Waals surface area contributed by atoms with Gasteiger partial charge in [0, 0.05) is 27.8 Å². The Hall–Kier alpha value is -6.90. The third-order valence-electron chi connectivity index (χ3n) is 7.70. The highest BCUT2D eigenvalue weighted by Gasteiger charge is 2.17. The molecule has 0 atom stereocenters. The predicted octanol–water partition coefficient (Wildman–Crippen LogP) is 14.4. The van der Waals surface area contributed by atoms with Crippen LogP contribution in [0.3, 0.4) is 0 Å². The molecule has 0 fully saturated rings. The Bertz CT molecular complexity index is 4570. The number of nitrogens with zero attached hydrogens (tertiary/aromatic N) is 1. The Morgan fingerprint density at radius 3 is 1.46 bits per heavy atom. The van der Waals surface area contributed by atoms with Crippen molar-refractivity contribution in [2.75, 3.05) is 4.90 Å².